The molecular formula is C19H19N5OS. The molecule has 132 valence electrons. The van der Waals surface area contributed by atoms with Gasteiger partial charge in [0.1, 0.15) is 11.3 Å². The van der Waals surface area contributed by atoms with Gasteiger partial charge < -0.3 is 5.32 Å². The first-order valence-corrected chi connectivity index (χ1v) is 9.30. The normalized spacial score (nSPS) is 17.5. The van der Waals surface area contributed by atoms with Crippen LogP contribution in [0.15, 0.2) is 48.1 Å². The van der Waals surface area contributed by atoms with Crippen molar-refractivity contribution in [2.24, 2.45) is 0 Å². The average Bonchev–Trinajstić information content (AvgIpc) is 3.22. The van der Waals surface area contributed by atoms with E-state index in [0.29, 0.717) is 10.7 Å². The highest BCUT2D eigenvalue weighted by molar-refractivity contribution is 7.13. The van der Waals surface area contributed by atoms with Gasteiger partial charge in [-0.25, -0.2) is 4.98 Å². The highest BCUT2D eigenvalue weighted by Crippen LogP contribution is 2.45. The van der Waals surface area contributed by atoms with Crippen LogP contribution in [0.2, 0.25) is 0 Å². The SMILES string of the molecule is CC1(C)CC(Nc2ccc(C(=O)Nc3nncs3)cn2)c2ccccc21. The van der Waals surface area contributed by atoms with Crippen molar-refractivity contribution >= 4 is 28.2 Å². The predicted molar refractivity (Wildman–Crippen MR) is 103 cm³/mol. The first-order valence-electron chi connectivity index (χ1n) is 8.42. The maximum absolute atomic E-state index is 12.2. The fraction of sp³-hybridized carbons (Fsp3) is 0.263. The van der Waals surface area contributed by atoms with Gasteiger partial charge in [-0.05, 0) is 35.1 Å². The molecule has 1 atom stereocenters. The van der Waals surface area contributed by atoms with Crippen LogP contribution in [-0.4, -0.2) is 21.1 Å². The molecule has 26 heavy (non-hydrogen) atoms. The number of nitrogens with one attached hydrogen (secondary N) is 2. The lowest BCUT2D eigenvalue weighted by Crippen LogP contribution is -2.15. The molecule has 0 saturated carbocycles. The zero-order chi connectivity index (χ0) is 18.1. The molecule has 2 N–H and O–H groups in total. The van der Waals surface area contributed by atoms with Gasteiger partial charge in [-0.1, -0.05) is 49.4 Å². The van der Waals surface area contributed by atoms with Crippen LogP contribution in [0, 0.1) is 0 Å². The largest absolute Gasteiger partial charge is 0.363 e. The summed E-state index contributed by atoms with van der Waals surface area (Å²) in [6.07, 6.45) is 2.58. The molecule has 2 heterocycles. The zero-order valence-electron chi connectivity index (χ0n) is 14.6. The number of anilines is 2. The van der Waals surface area contributed by atoms with Crippen LogP contribution in [0.25, 0.3) is 0 Å². The van der Waals surface area contributed by atoms with Crippen LogP contribution >= 0.6 is 11.3 Å². The Morgan fingerprint density at radius 2 is 2.08 bits per heavy atom. The van der Waals surface area contributed by atoms with Gasteiger partial charge in [0.15, 0.2) is 0 Å². The van der Waals surface area contributed by atoms with Crippen molar-refractivity contribution in [2.75, 3.05) is 10.6 Å². The van der Waals surface area contributed by atoms with Crippen LogP contribution in [0.4, 0.5) is 10.9 Å². The molecule has 4 rings (SSSR count). The van der Waals surface area contributed by atoms with Crippen LogP contribution in [0.3, 0.4) is 0 Å². The summed E-state index contributed by atoms with van der Waals surface area (Å²) >= 11 is 1.28. The Balaban J connectivity index is 1.48. The van der Waals surface area contributed by atoms with Crippen LogP contribution < -0.4 is 10.6 Å². The van der Waals surface area contributed by atoms with E-state index in [2.05, 4.69) is 63.9 Å². The standard InChI is InChI=1S/C19H19N5OS/c1-19(2)9-15(13-5-3-4-6-14(13)19)22-16-8-7-12(10-20-16)17(25)23-18-24-21-11-26-18/h3-8,10-11,15H,9H2,1-2H3,(H,20,22)(H,23,24,25). The number of amides is 1. The maximum atomic E-state index is 12.2. The molecule has 1 unspecified atom stereocenters. The number of rotatable bonds is 4. The average molecular weight is 365 g/mol. The van der Waals surface area contributed by atoms with Gasteiger partial charge in [-0.3, -0.25) is 10.1 Å². The summed E-state index contributed by atoms with van der Waals surface area (Å²) < 4.78 is 0. The summed E-state index contributed by atoms with van der Waals surface area (Å²) in [5.41, 5.74) is 4.89. The van der Waals surface area contributed by atoms with E-state index in [-0.39, 0.29) is 17.4 Å². The van der Waals surface area contributed by atoms with Gasteiger partial charge in [0.25, 0.3) is 5.91 Å². The third kappa shape index (κ3) is 3.17. The summed E-state index contributed by atoms with van der Waals surface area (Å²) in [7, 11) is 0. The molecular weight excluding hydrogens is 346 g/mol. The number of benzene rings is 1. The van der Waals surface area contributed by atoms with Gasteiger partial charge in [-0.2, -0.15) is 0 Å². The van der Waals surface area contributed by atoms with Crippen molar-refractivity contribution in [1.82, 2.24) is 15.2 Å². The highest BCUT2D eigenvalue weighted by Gasteiger charge is 2.36. The van der Waals surface area contributed by atoms with Gasteiger partial charge in [0, 0.05) is 6.20 Å². The van der Waals surface area contributed by atoms with Gasteiger partial charge in [0.05, 0.1) is 11.6 Å². The number of carbonyl (C=O) groups excluding carboxylic acids is 1. The number of hydrogen-bond acceptors (Lipinski definition) is 6. The first-order chi connectivity index (χ1) is 12.5. The highest BCUT2D eigenvalue weighted by atomic mass is 32.1. The Morgan fingerprint density at radius 1 is 1.23 bits per heavy atom. The van der Waals surface area contributed by atoms with E-state index in [1.54, 1.807) is 17.8 Å². The quantitative estimate of drug-likeness (QED) is 0.730. The second-order valence-corrected chi connectivity index (χ2v) is 7.84. The summed E-state index contributed by atoms with van der Waals surface area (Å²) in [5, 5.41) is 14.2. The molecule has 0 radical (unpaired) electrons. The van der Waals surface area contributed by atoms with Crippen molar-refractivity contribution in [2.45, 2.75) is 31.7 Å². The summed E-state index contributed by atoms with van der Waals surface area (Å²) in [6, 6.07) is 12.3. The minimum absolute atomic E-state index is 0.135. The van der Waals surface area contributed by atoms with E-state index in [9.17, 15) is 4.79 Å². The molecule has 1 amide bonds. The lowest BCUT2D eigenvalue weighted by molar-refractivity contribution is 0.102. The second kappa shape index (κ2) is 6.49. The summed E-state index contributed by atoms with van der Waals surface area (Å²) in [4.78, 5) is 16.6. The van der Waals surface area contributed by atoms with E-state index in [4.69, 9.17) is 0 Å². The van der Waals surface area contributed by atoms with E-state index in [1.807, 2.05) is 6.07 Å². The molecule has 0 aliphatic heterocycles. The lowest BCUT2D eigenvalue weighted by Gasteiger charge is -2.19. The van der Waals surface area contributed by atoms with Crippen molar-refractivity contribution < 1.29 is 4.79 Å². The summed E-state index contributed by atoms with van der Waals surface area (Å²) in [6.45, 7) is 4.53. The Bertz CT molecular complexity index is 921. The molecule has 2 aromatic heterocycles. The topological polar surface area (TPSA) is 79.8 Å². The number of carbonyl (C=O) groups is 1. The van der Waals surface area contributed by atoms with Gasteiger partial charge in [-0.15, -0.1) is 10.2 Å². The van der Waals surface area contributed by atoms with Gasteiger partial charge in [0.2, 0.25) is 5.13 Å². The Morgan fingerprint density at radius 3 is 2.81 bits per heavy atom. The number of pyridine rings is 1. The molecule has 0 fully saturated rings. The van der Waals surface area contributed by atoms with Crippen molar-refractivity contribution in [1.29, 1.82) is 0 Å². The Labute approximate surface area is 155 Å². The zero-order valence-corrected chi connectivity index (χ0v) is 15.4. The number of aromatic nitrogens is 3. The molecule has 6 nitrogen and oxygen atoms in total. The molecule has 1 aromatic carbocycles. The predicted octanol–water partition coefficient (Wildman–Crippen LogP) is 4.02. The Kier molecular flexibility index (Phi) is 4.16. The smallest absolute Gasteiger partial charge is 0.259 e. The molecule has 0 saturated heterocycles. The van der Waals surface area contributed by atoms with E-state index < -0.39 is 0 Å². The lowest BCUT2D eigenvalue weighted by atomic mass is 9.86. The minimum Gasteiger partial charge on any atom is -0.363 e. The monoisotopic (exact) mass is 365 g/mol. The molecule has 1 aliphatic carbocycles. The van der Waals surface area contributed by atoms with E-state index >= 15 is 0 Å². The number of nitrogens with zero attached hydrogens (tertiary/aromatic N) is 3. The van der Waals surface area contributed by atoms with Crippen LogP contribution in [-0.2, 0) is 5.41 Å². The van der Waals surface area contributed by atoms with Crippen LogP contribution in [0.1, 0.15) is 47.8 Å². The first kappa shape index (κ1) is 16.7. The molecule has 3 aromatic rings. The Hall–Kier alpha value is -2.80. The third-order valence-electron chi connectivity index (χ3n) is 4.71. The third-order valence-corrected chi connectivity index (χ3v) is 5.31. The maximum Gasteiger partial charge on any atom is 0.259 e. The summed E-state index contributed by atoms with van der Waals surface area (Å²) in [5.74, 6) is 0.517. The van der Waals surface area contributed by atoms with Gasteiger partial charge >= 0.3 is 0 Å². The van der Waals surface area contributed by atoms with Crippen LogP contribution in [0.5, 0.6) is 0 Å². The van der Waals surface area contributed by atoms with E-state index in [0.717, 1.165) is 12.2 Å². The van der Waals surface area contributed by atoms with Crippen molar-refractivity contribution in [3.8, 4) is 0 Å². The molecule has 0 spiro atoms. The minimum atomic E-state index is -0.242. The number of fused-ring (bicyclic) bond motifs is 1. The van der Waals surface area contributed by atoms with Crippen molar-refractivity contribution in [3.05, 3.63) is 64.8 Å². The molecule has 0 bridgehead atoms. The molecule has 1 aliphatic rings. The fourth-order valence-electron chi connectivity index (χ4n) is 3.47. The number of hydrogen-bond donors (Lipinski definition) is 2. The van der Waals surface area contributed by atoms with Crippen molar-refractivity contribution in [3.63, 3.8) is 0 Å². The van der Waals surface area contributed by atoms with E-state index in [1.165, 1.54) is 22.5 Å². The molecule has 7 heteroatoms. The fourth-order valence-corrected chi connectivity index (χ4v) is 3.91. The second-order valence-electron chi connectivity index (χ2n) is 7.00.